The molecule has 0 aromatic heterocycles. The highest BCUT2D eigenvalue weighted by atomic mass is 16.2. The molecule has 1 aliphatic carbocycles. The van der Waals surface area contributed by atoms with Crippen molar-refractivity contribution in [3.8, 4) is 0 Å². The van der Waals surface area contributed by atoms with E-state index in [4.69, 9.17) is 5.73 Å². The zero-order valence-corrected chi connectivity index (χ0v) is 11.1. The molecule has 1 aromatic rings. The maximum Gasteiger partial charge on any atom is 0.223 e. The Balaban J connectivity index is 2.02. The molecule has 98 valence electrons. The summed E-state index contributed by atoms with van der Waals surface area (Å²) in [5.74, 6) is 0.800. The first-order valence-electron chi connectivity index (χ1n) is 6.45. The van der Waals surface area contributed by atoms with Crippen molar-refractivity contribution < 1.29 is 4.79 Å². The predicted molar refractivity (Wildman–Crippen MR) is 75.8 cm³/mol. The first-order valence-corrected chi connectivity index (χ1v) is 6.45. The minimum atomic E-state index is 0.00424. The molecule has 0 bridgehead atoms. The molecule has 0 unspecified atom stereocenters. The third-order valence-corrected chi connectivity index (χ3v) is 3.70. The van der Waals surface area contributed by atoms with Gasteiger partial charge in [-0.3, -0.25) is 4.79 Å². The van der Waals surface area contributed by atoms with Crippen LogP contribution in [0, 0.1) is 5.92 Å². The average molecular weight is 247 g/mol. The molecule has 4 heteroatoms. The SMILES string of the molecule is CC(=O)N(C)c1ccc(NCC2CCC2)c(N)c1. The van der Waals surface area contributed by atoms with Crippen LogP contribution >= 0.6 is 0 Å². The van der Waals surface area contributed by atoms with Crippen LogP contribution in [0.25, 0.3) is 0 Å². The molecule has 0 aliphatic heterocycles. The molecule has 18 heavy (non-hydrogen) atoms. The van der Waals surface area contributed by atoms with Gasteiger partial charge in [0.15, 0.2) is 0 Å². The van der Waals surface area contributed by atoms with E-state index in [1.54, 1.807) is 18.9 Å². The largest absolute Gasteiger partial charge is 0.397 e. The Morgan fingerprint density at radius 3 is 2.72 bits per heavy atom. The molecule has 1 saturated carbocycles. The van der Waals surface area contributed by atoms with E-state index >= 15 is 0 Å². The Bertz CT molecular complexity index is 441. The van der Waals surface area contributed by atoms with Crippen LogP contribution in [0.4, 0.5) is 17.1 Å². The number of nitrogens with two attached hydrogens (primary N) is 1. The number of nitrogens with zero attached hydrogens (tertiary/aromatic N) is 1. The van der Waals surface area contributed by atoms with Crippen LogP contribution in [0.15, 0.2) is 18.2 Å². The standard InChI is InChI=1S/C14H21N3O/c1-10(18)17(2)12-6-7-14(13(15)8-12)16-9-11-4-3-5-11/h6-8,11,16H,3-5,9,15H2,1-2H3. The summed E-state index contributed by atoms with van der Waals surface area (Å²) < 4.78 is 0. The Morgan fingerprint density at radius 1 is 1.50 bits per heavy atom. The monoisotopic (exact) mass is 247 g/mol. The molecule has 1 fully saturated rings. The summed E-state index contributed by atoms with van der Waals surface area (Å²) in [7, 11) is 1.75. The van der Waals surface area contributed by atoms with Crippen molar-refractivity contribution >= 4 is 23.0 Å². The maximum atomic E-state index is 11.3. The fraction of sp³-hybridized carbons (Fsp3) is 0.500. The number of anilines is 3. The van der Waals surface area contributed by atoms with E-state index in [0.717, 1.165) is 23.8 Å². The lowest BCUT2D eigenvalue weighted by atomic mass is 9.85. The molecule has 0 spiro atoms. The third kappa shape index (κ3) is 2.75. The van der Waals surface area contributed by atoms with Crippen LogP contribution in [0.2, 0.25) is 0 Å². The molecule has 1 aliphatic rings. The second kappa shape index (κ2) is 5.29. The minimum absolute atomic E-state index is 0.00424. The Labute approximate surface area is 108 Å². The topological polar surface area (TPSA) is 58.4 Å². The van der Waals surface area contributed by atoms with Crippen molar-refractivity contribution in [1.82, 2.24) is 0 Å². The van der Waals surface area contributed by atoms with Gasteiger partial charge in [0.25, 0.3) is 0 Å². The zero-order valence-electron chi connectivity index (χ0n) is 11.1. The van der Waals surface area contributed by atoms with Gasteiger partial charge in [0.1, 0.15) is 0 Å². The third-order valence-electron chi connectivity index (χ3n) is 3.70. The number of rotatable bonds is 4. The molecule has 1 aromatic carbocycles. The molecule has 4 nitrogen and oxygen atoms in total. The highest BCUT2D eigenvalue weighted by Gasteiger charge is 2.17. The lowest BCUT2D eigenvalue weighted by Crippen LogP contribution is -2.23. The van der Waals surface area contributed by atoms with Gasteiger partial charge in [-0.15, -0.1) is 0 Å². The second-order valence-corrected chi connectivity index (χ2v) is 5.03. The van der Waals surface area contributed by atoms with Crippen molar-refractivity contribution in [2.45, 2.75) is 26.2 Å². The lowest BCUT2D eigenvalue weighted by Gasteiger charge is -2.26. The smallest absolute Gasteiger partial charge is 0.223 e. The zero-order chi connectivity index (χ0) is 13.1. The molecule has 0 saturated heterocycles. The van der Waals surface area contributed by atoms with Gasteiger partial charge < -0.3 is 16.0 Å². The van der Waals surface area contributed by atoms with E-state index in [0.29, 0.717) is 5.69 Å². The first kappa shape index (κ1) is 12.7. The Morgan fingerprint density at radius 2 is 2.22 bits per heavy atom. The van der Waals surface area contributed by atoms with Crippen LogP contribution < -0.4 is 16.0 Å². The number of nitrogens with one attached hydrogen (secondary N) is 1. The van der Waals surface area contributed by atoms with E-state index < -0.39 is 0 Å². The molecule has 1 amide bonds. The lowest BCUT2D eigenvalue weighted by molar-refractivity contribution is -0.116. The van der Waals surface area contributed by atoms with Gasteiger partial charge in [0.2, 0.25) is 5.91 Å². The van der Waals surface area contributed by atoms with Gasteiger partial charge in [-0.2, -0.15) is 0 Å². The van der Waals surface area contributed by atoms with Crippen molar-refractivity contribution in [2.24, 2.45) is 5.92 Å². The van der Waals surface area contributed by atoms with Crippen molar-refractivity contribution in [3.05, 3.63) is 18.2 Å². The maximum absolute atomic E-state index is 11.3. The van der Waals surface area contributed by atoms with E-state index in [2.05, 4.69) is 5.32 Å². The number of benzene rings is 1. The van der Waals surface area contributed by atoms with Crippen LogP contribution in [-0.2, 0) is 4.79 Å². The molecular weight excluding hydrogens is 226 g/mol. The number of nitrogen functional groups attached to an aromatic ring is 1. The molecular formula is C14H21N3O. The quantitative estimate of drug-likeness (QED) is 0.804. The van der Waals surface area contributed by atoms with Gasteiger partial charge in [-0.1, -0.05) is 6.42 Å². The fourth-order valence-electron chi connectivity index (χ4n) is 2.05. The number of carbonyl (C=O) groups is 1. The minimum Gasteiger partial charge on any atom is -0.397 e. The van der Waals surface area contributed by atoms with Gasteiger partial charge in [-0.25, -0.2) is 0 Å². The predicted octanol–water partition coefficient (Wildman–Crippen LogP) is 2.46. The van der Waals surface area contributed by atoms with Gasteiger partial charge in [0, 0.05) is 26.2 Å². The van der Waals surface area contributed by atoms with Gasteiger partial charge in [0.05, 0.1) is 11.4 Å². The van der Waals surface area contributed by atoms with Crippen LogP contribution in [0.1, 0.15) is 26.2 Å². The number of amides is 1. The highest BCUT2D eigenvalue weighted by molar-refractivity contribution is 5.92. The van der Waals surface area contributed by atoms with Crippen LogP contribution in [0.5, 0.6) is 0 Å². The molecule has 2 rings (SSSR count). The summed E-state index contributed by atoms with van der Waals surface area (Å²) in [6.45, 7) is 2.53. The van der Waals surface area contributed by atoms with Crippen LogP contribution in [-0.4, -0.2) is 19.5 Å². The summed E-state index contributed by atoms with van der Waals surface area (Å²) in [4.78, 5) is 12.9. The van der Waals surface area contributed by atoms with Crippen molar-refractivity contribution in [2.75, 3.05) is 29.5 Å². The summed E-state index contributed by atoms with van der Waals surface area (Å²) in [6.07, 6.45) is 3.99. The van der Waals surface area contributed by atoms with Gasteiger partial charge in [-0.05, 0) is 37.0 Å². The fourth-order valence-corrected chi connectivity index (χ4v) is 2.05. The summed E-state index contributed by atoms with van der Waals surface area (Å²) in [5, 5.41) is 3.38. The summed E-state index contributed by atoms with van der Waals surface area (Å²) in [5.41, 5.74) is 8.49. The van der Waals surface area contributed by atoms with E-state index in [9.17, 15) is 4.79 Å². The van der Waals surface area contributed by atoms with E-state index in [1.165, 1.54) is 19.3 Å². The first-order chi connectivity index (χ1) is 8.58. The molecule has 0 radical (unpaired) electrons. The normalized spacial score (nSPS) is 15.0. The second-order valence-electron chi connectivity index (χ2n) is 5.03. The van der Waals surface area contributed by atoms with E-state index in [-0.39, 0.29) is 5.91 Å². The average Bonchev–Trinajstić information content (AvgIpc) is 2.27. The van der Waals surface area contributed by atoms with Crippen molar-refractivity contribution in [3.63, 3.8) is 0 Å². The summed E-state index contributed by atoms with van der Waals surface area (Å²) >= 11 is 0. The highest BCUT2D eigenvalue weighted by Crippen LogP contribution is 2.29. The molecule has 3 N–H and O–H groups in total. The van der Waals surface area contributed by atoms with E-state index in [1.807, 2.05) is 18.2 Å². The number of hydrogen-bond acceptors (Lipinski definition) is 3. The number of hydrogen-bond donors (Lipinski definition) is 2. The Hall–Kier alpha value is -1.71. The van der Waals surface area contributed by atoms with Gasteiger partial charge >= 0.3 is 0 Å². The van der Waals surface area contributed by atoms with Crippen LogP contribution in [0.3, 0.4) is 0 Å². The molecule has 0 heterocycles. The molecule has 0 atom stereocenters. The summed E-state index contributed by atoms with van der Waals surface area (Å²) in [6, 6.07) is 5.70. The Kier molecular flexibility index (Phi) is 3.75. The number of carbonyl (C=O) groups excluding carboxylic acids is 1. The van der Waals surface area contributed by atoms with Crippen molar-refractivity contribution in [1.29, 1.82) is 0 Å².